The second kappa shape index (κ2) is 14.8. The number of aliphatic carboxylic acids is 2. The molecule has 0 spiro atoms. The molecule has 3 aliphatic heterocycles. The van der Waals surface area contributed by atoms with Gasteiger partial charge < -0.3 is 14.9 Å². The van der Waals surface area contributed by atoms with Gasteiger partial charge in [-0.25, -0.2) is 18.4 Å². The van der Waals surface area contributed by atoms with Gasteiger partial charge in [-0.3, -0.25) is 9.80 Å². The highest BCUT2D eigenvalue weighted by molar-refractivity contribution is 7.10. The van der Waals surface area contributed by atoms with E-state index in [1.165, 1.54) is 35.6 Å². The number of fused-ring (bicyclic) bond motifs is 2. The van der Waals surface area contributed by atoms with Crippen molar-refractivity contribution in [3.05, 3.63) is 112 Å². The Kier molecular flexibility index (Phi) is 10.9. The van der Waals surface area contributed by atoms with Crippen LogP contribution >= 0.6 is 11.3 Å². The molecule has 3 fully saturated rings. The largest absolute Gasteiger partial charge is 0.478 e. The molecule has 0 amide bonds. The molecule has 4 heterocycles. The summed E-state index contributed by atoms with van der Waals surface area (Å²) in [5.74, 6) is -3.07. The Balaban J connectivity index is 0.000000426. The number of ether oxygens (including phenoxy) is 1. The molecule has 216 valence electrons. The van der Waals surface area contributed by atoms with Crippen LogP contribution in [0.3, 0.4) is 0 Å². The lowest BCUT2D eigenvalue weighted by Crippen LogP contribution is -2.68. The fraction of sp³-hybridized carbons (Fsp3) is 0.290. The fourth-order valence-corrected chi connectivity index (χ4v) is 5.68. The lowest BCUT2D eigenvalue weighted by Gasteiger charge is -2.56. The first-order valence-electron chi connectivity index (χ1n) is 13.2. The number of hydrogen-bond donors (Lipinski definition) is 2. The Bertz CT molecular complexity index is 1260. The maximum absolute atomic E-state index is 13.4. The Morgan fingerprint density at radius 2 is 1.49 bits per heavy atom. The summed E-state index contributed by atoms with van der Waals surface area (Å²) in [7, 11) is 0. The summed E-state index contributed by atoms with van der Waals surface area (Å²) >= 11 is 1.77. The van der Waals surface area contributed by atoms with Crippen LogP contribution in [0.2, 0.25) is 0 Å². The molecule has 1 aromatic heterocycles. The van der Waals surface area contributed by atoms with E-state index in [1.54, 1.807) is 35.6 Å². The third-order valence-electron chi connectivity index (χ3n) is 6.97. The molecule has 2 atom stereocenters. The SMILES string of the molecule is Fc1ccc(C(OCCN2CC3CC(C2)N3C/C=C/c2cccs2)c2ccc(F)cc2)cc1.O=C(O)/C=C/C(=O)O. The molecule has 7 nitrogen and oxygen atoms in total. The summed E-state index contributed by atoms with van der Waals surface area (Å²) in [6, 6.07) is 18.2. The number of piperazine rings is 1. The Morgan fingerprint density at radius 3 is 1.98 bits per heavy atom. The minimum absolute atomic E-state index is 0.279. The van der Waals surface area contributed by atoms with Crippen LogP contribution in [0.25, 0.3) is 6.08 Å². The highest BCUT2D eigenvalue weighted by Gasteiger charge is 2.43. The van der Waals surface area contributed by atoms with Gasteiger partial charge in [-0.2, -0.15) is 0 Å². The van der Waals surface area contributed by atoms with Gasteiger partial charge in [0.2, 0.25) is 0 Å². The zero-order chi connectivity index (χ0) is 29.2. The van der Waals surface area contributed by atoms with Gasteiger partial charge in [-0.05, 0) is 59.3 Å². The Hall–Kier alpha value is -3.70. The number of carboxylic acid groups (broad SMARTS) is 2. The van der Waals surface area contributed by atoms with E-state index >= 15 is 0 Å². The van der Waals surface area contributed by atoms with Gasteiger partial charge >= 0.3 is 11.9 Å². The van der Waals surface area contributed by atoms with Crippen LogP contribution < -0.4 is 0 Å². The van der Waals surface area contributed by atoms with E-state index < -0.39 is 11.9 Å². The van der Waals surface area contributed by atoms with Crippen molar-refractivity contribution < 1.29 is 33.3 Å². The molecule has 10 heteroatoms. The van der Waals surface area contributed by atoms with Crippen LogP contribution in [0.15, 0.2) is 84.3 Å². The molecule has 0 saturated carbocycles. The molecule has 6 rings (SSSR count). The number of carbonyl (C=O) groups is 2. The number of benzene rings is 2. The molecule has 0 radical (unpaired) electrons. The van der Waals surface area contributed by atoms with E-state index in [4.69, 9.17) is 14.9 Å². The van der Waals surface area contributed by atoms with E-state index in [9.17, 15) is 18.4 Å². The van der Waals surface area contributed by atoms with Crippen molar-refractivity contribution in [1.29, 1.82) is 0 Å². The number of nitrogens with zero attached hydrogens (tertiary/aromatic N) is 2. The number of halogens is 2. The molecule has 41 heavy (non-hydrogen) atoms. The van der Waals surface area contributed by atoms with E-state index in [0.29, 0.717) is 30.8 Å². The Morgan fingerprint density at radius 1 is 0.927 bits per heavy atom. The standard InChI is InChI=1S/C27H28F2N2OS.C4H4O4/c28-22-9-5-20(6-10-22)27(21-7-11-23(29)12-8-21)32-15-14-30-18-24-17-25(19-30)31(24)13-1-3-26-4-2-16-33-26;5-3(6)1-2-4(7)8/h1-12,16,24-25,27H,13-15,17-19H2;1-2H,(H,5,6)(H,7,8)/b3-1+;2-1+. The average Bonchev–Trinajstić information content (AvgIpc) is 3.48. The van der Waals surface area contributed by atoms with Crippen molar-refractivity contribution in [1.82, 2.24) is 9.80 Å². The first-order chi connectivity index (χ1) is 19.8. The number of rotatable bonds is 11. The first kappa shape index (κ1) is 30.3. The molecule has 0 aliphatic carbocycles. The van der Waals surface area contributed by atoms with Crippen molar-refractivity contribution in [3.8, 4) is 0 Å². The molecule has 2 unspecified atom stereocenters. The van der Waals surface area contributed by atoms with Crippen LogP contribution in [0.4, 0.5) is 8.78 Å². The smallest absolute Gasteiger partial charge is 0.328 e. The van der Waals surface area contributed by atoms with Crippen LogP contribution in [-0.2, 0) is 14.3 Å². The third kappa shape index (κ3) is 9.15. The van der Waals surface area contributed by atoms with E-state index in [1.807, 2.05) is 0 Å². The van der Waals surface area contributed by atoms with E-state index in [-0.39, 0.29) is 17.7 Å². The molecule has 3 aliphatic rings. The summed E-state index contributed by atoms with van der Waals surface area (Å²) in [5.41, 5.74) is 1.74. The molecular weight excluding hydrogens is 550 g/mol. The van der Waals surface area contributed by atoms with E-state index in [0.717, 1.165) is 37.3 Å². The molecule has 3 aromatic rings. The average molecular weight is 583 g/mol. The van der Waals surface area contributed by atoms with Crippen molar-refractivity contribution >= 4 is 29.4 Å². The molecule has 2 N–H and O–H groups in total. The zero-order valence-corrected chi connectivity index (χ0v) is 23.1. The van der Waals surface area contributed by atoms with Crippen LogP contribution in [0.1, 0.15) is 28.5 Å². The summed E-state index contributed by atoms with van der Waals surface area (Å²) < 4.78 is 33.1. The molecule has 2 aromatic carbocycles. The van der Waals surface area contributed by atoms with E-state index in [2.05, 4.69) is 39.5 Å². The molecule has 3 saturated heterocycles. The van der Waals surface area contributed by atoms with Crippen molar-refractivity contribution in [2.45, 2.75) is 24.6 Å². The minimum Gasteiger partial charge on any atom is -0.478 e. The van der Waals surface area contributed by atoms with Gasteiger partial charge in [0, 0.05) is 55.3 Å². The van der Waals surface area contributed by atoms with Gasteiger partial charge in [0.25, 0.3) is 0 Å². The lowest BCUT2D eigenvalue weighted by atomic mass is 9.87. The summed E-state index contributed by atoms with van der Waals surface area (Å²) in [4.78, 5) is 25.5. The number of piperidine rings is 1. The summed E-state index contributed by atoms with van der Waals surface area (Å²) in [5, 5.41) is 17.7. The maximum atomic E-state index is 13.4. The van der Waals surface area contributed by atoms with Crippen molar-refractivity contribution in [2.24, 2.45) is 0 Å². The summed E-state index contributed by atoms with van der Waals surface area (Å²) in [6.45, 7) is 4.55. The minimum atomic E-state index is -1.26. The van der Waals surface area contributed by atoms with Crippen molar-refractivity contribution in [3.63, 3.8) is 0 Å². The topological polar surface area (TPSA) is 90.3 Å². The van der Waals surface area contributed by atoms with Gasteiger partial charge in [-0.1, -0.05) is 36.4 Å². The molecule has 2 bridgehead atoms. The lowest BCUT2D eigenvalue weighted by molar-refractivity contribution is -0.134. The second-order valence-electron chi connectivity index (χ2n) is 9.78. The van der Waals surface area contributed by atoms with Gasteiger partial charge in [-0.15, -0.1) is 11.3 Å². The normalized spacial score (nSPS) is 18.8. The third-order valence-corrected chi connectivity index (χ3v) is 7.81. The van der Waals surface area contributed by atoms with Crippen LogP contribution in [0, 0.1) is 11.6 Å². The predicted molar refractivity (Wildman–Crippen MR) is 154 cm³/mol. The van der Waals surface area contributed by atoms with Gasteiger partial charge in [0.15, 0.2) is 0 Å². The van der Waals surface area contributed by atoms with Gasteiger partial charge in [0.05, 0.1) is 6.61 Å². The zero-order valence-electron chi connectivity index (χ0n) is 22.3. The number of carboxylic acids is 2. The van der Waals surface area contributed by atoms with Crippen LogP contribution in [0.5, 0.6) is 0 Å². The quantitative estimate of drug-likeness (QED) is 0.296. The fourth-order valence-electron chi connectivity index (χ4n) is 5.03. The first-order valence-corrected chi connectivity index (χ1v) is 14.1. The van der Waals surface area contributed by atoms with Crippen molar-refractivity contribution in [2.75, 3.05) is 32.8 Å². The number of hydrogen-bond acceptors (Lipinski definition) is 6. The summed E-state index contributed by atoms with van der Waals surface area (Å²) in [6.07, 6.45) is 6.54. The molecular formula is C31H32F2N2O5S. The Labute approximate surface area is 241 Å². The second-order valence-corrected chi connectivity index (χ2v) is 10.8. The monoisotopic (exact) mass is 582 g/mol. The highest BCUT2D eigenvalue weighted by atomic mass is 32.1. The number of thiophene rings is 1. The predicted octanol–water partition coefficient (Wildman–Crippen LogP) is 5.32. The van der Waals surface area contributed by atoms with Gasteiger partial charge in [0.1, 0.15) is 17.7 Å². The maximum Gasteiger partial charge on any atom is 0.328 e. The highest BCUT2D eigenvalue weighted by Crippen LogP contribution is 2.32. The van der Waals surface area contributed by atoms with Crippen LogP contribution in [-0.4, -0.2) is 76.8 Å².